The number of carbonyl (C=O) groups excluding carboxylic acids is 1. The monoisotopic (exact) mass is 300 g/mol. The Balaban J connectivity index is 2.83. The highest BCUT2D eigenvalue weighted by molar-refractivity contribution is 9.10. The number of ether oxygens (including phenoxy) is 1. The lowest BCUT2D eigenvalue weighted by molar-refractivity contribution is -0.118. The fourth-order valence-corrected chi connectivity index (χ4v) is 2.22. The Hall–Kier alpha value is -1.07. The van der Waals surface area contributed by atoms with Gasteiger partial charge in [0.1, 0.15) is 5.75 Å². The number of hydrogen-bond acceptors (Lipinski definition) is 3. The van der Waals surface area contributed by atoms with Gasteiger partial charge in [0.25, 0.3) is 0 Å². The zero-order valence-corrected chi connectivity index (χ0v) is 11.4. The van der Waals surface area contributed by atoms with E-state index in [0.29, 0.717) is 13.2 Å². The van der Waals surface area contributed by atoms with Crippen molar-refractivity contribution >= 4 is 21.8 Å². The Kier molecular flexibility index (Phi) is 5.44. The van der Waals surface area contributed by atoms with E-state index >= 15 is 0 Å². The Bertz CT molecular complexity index is 408. The molecule has 0 saturated heterocycles. The molecule has 0 bridgehead atoms. The van der Waals surface area contributed by atoms with Gasteiger partial charge in [0.05, 0.1) is 13.0 Å². The van der Waals surface area contributed by atoms with Crippen LogP contribution in [0, 0.1) is 6.92 Å². The number of aryl methyl sites for hydroxylation is 1. The molecular weight excluding hydrogens is 284 g/mol. The summed E-state index contributed by atoms with van der Waals surface area (Å²) in [6.07, 6.45) is 0.962. The third-order valence-electron chi connectivity index (χ3n) is 2.32. The van der Waals surface area contributed by atoms with Gasteiger partial charge in [-0.1, -0.05) is 15.9 Å². The molecule has 4 N–H and O–H groups in total. The quantitative estimate of drug-likeness (QED) is 0.836. The molecule has 0 saturated carbocycles. The van der Waals surface area contributed by atoms with Crippen molar-refractivity contribution in [3.63, 3.8) is 0 Å². The molecule has 1 amide bonds. The molecule has 1 rings (SSSR count). The van der Waals surface area contributed by atoms with Crippen molar-refractivity contribution in [3.05, 3.63) is 27.7 Å². The molecule has 5 heteroatoms. The van der Waals surface area contributed by atoms with Crippen LogP contribution < -0.4 is 16.2 Å². The van der Waals surface area contributed by atoms with E-state index < -0.39 is 0 Å². The maximum atomic E-state index is 10.7. The molecule has 0 aromatic heterocycles. The fraction of sp³-hybridized carbons (Fsp3) is 0.417. The zero-order chi connectivity index (χ0) is 12.8. The van der Waals surface area contributed by atoms with E-state index in [-0.39, 0.29) is 12.3 Å². The molecule has 1 aromatic carbocycles. The minimum atomic E-state index is -0.361. The molecule has 0 aliphatic rings. The van der Waals surface area contributed by atoms with Gasteiger partial charge in [-0.15, -0.1) is 0 Å². The van der Waals surface area contributed by atoms with Crippen LogP contribution in [0.5, 0.6) is 5.75 Å². The number of halogens is 1. The van der Waals surface area contributed by atoms with Gasteiger partial charge in [-0.3, -0.25) is 4.79 Å². The molecule has 0 unspecified atom stereocenters. The number of hydrogen-bond donors (Lipinski definition) is 2. The SMILES string of the molecule is Cc1cc(Br)cc(CCN)c1OCCC(N)=O. The van der Waals surface area contributed by atoms with E-state index in [0.717, 1.165) is 27.8 Å². The van der Waals surface area contributed by atoms with Crippen molar-refractivity contribution in [3.8, 4) is 5.75 Å². The average molecular weight is 301 g/mol. The van der Waals surface area contributed by atoms with Crippen LogP contribution in [0.1, 0.15) is 17.5 Å². The molecule has 0 fully saturated rings. The number of primary amides is 1. The molecule has 0 aliphatic carbocycles. The topological polar surface area (TPSA) is 78.3 Å². The Morgan fingerprint density at radius 3 is 2.76 bits per heavy atom. The van der Waals surface area contributed by atoms with Crippen molar-refractivity contribution in [1.82, 2.24) is 0 Å². The first-order chi connectivity index (χ1) is 8.04. The minimum absolute atomic E-state index is 0.220. The standard InChI is InChI=1S/C12H17BrN2O2/c1-8-6-10(13)7-9(2-4-14)12(8)17-5-3-11(15)16/h6-7H,2-5,14H2,1H3,(H2,15,16). The molecule has 0 heterocycles. The van der Waals surface area contributed by atoms with E-state index in [1.807, 2.05) is 19.1 Å². The average Bonchev–Trinajstić information content (AvgIpc) is 2.21. The Morgan fingerprint density at radius 1 is 1.47 bits per heavy atom. The summed E-state index contributed by atoms with van der Waals surface area (Å²) < 4.78 is 6.61. The predicted molar refractivity (Wildman–Crippen MR) is 70.9 cm³/mol. The number of amides is 1. The van der Waals surface area contributed by atoms with Crippen molar-refractivity contribution in [2.45, 2.75) is 19.8 Å². The summed E-state index contributed by atoms with van der Waals surface area (Å²) >= 11 is 3.44. The first-order valence-electron chi connectivity index (χ1n) is 5.44. The van der Waals surface area contributed by atoms with E-state index in [1.165, 1.54) is 0 Å². The zero-order valence-electron chi connectivity index (χ0n) is 9.83. The van der Waals surface area contributed by atoms with E-state index in [1.54, 1.807) is 0 Å². The molecule has 0 atom stereocenters. The molecule has 0 radical (unpaired) electrons. The van der Waals surface area contributed by atoms with Gasteiger partial charge in [-0.05, 0) is 43.1 Å². The molecule has 94 valence electrons. The summed E-state index contributed by atoms with van der Waals surface area (Å²) in [7, 11) is 0. The van der Waals surface area contributed by atoms with Crippen LogP contribution in [0.3, 0.4) is 0 Å². The van der Waals surface area contributed by atoms with Gasteiger partial charge in [-0.25, -0.2) is 0 Å². The van der Waals surface area contributed by atoms with Crippen LogP contribution in [-0.4, -0.2) is 19.1 Å². The molecule has 0 aliphatic heterocycles. The normalized spacial score (nSPS) is 10.3. The van der Waals surface area contributed by atoms with Crippen LogP contribution in [0.2, 0.25) is 0 Å². The van der Waals surface area contributed by atoms with Crippen LogP contribution in [0.25, 0.3) is 0 Å². The minimum Gasteiger partial charge on any atom is -0.492 e. The third kappa shape index (κ3) is 4.36. The number of benzene rings is 1. The maximum Gasteiger partial charge on any atom is 0.220 e. The molecule has 1 aromatic rings. The fourth-order valence-electron chi connectivity index (χ4n) is 1.60. The number of rotatable bonds is 6. The first-order valence-corrected chi connectivity index (χ1v) is 6.24. The Labute approximate surface area is 109 Å². The third-order valence-corrected chi connectivity index (χ3v) is 2.78. The summed E-state index contributed by atoms with van der Waals surface area (Å²) in [4.78, 5) is 10.7. The number of nitrogens with two attached hydrogens (primary N) is 2. The lowest BCUT2D eigenvalue weighted by Gasteiger charge is -2.14. The second-order valence-electron chi connectivity index (χ2n) is 3.81. The largest absolute Gasteiger partial charge is 0.492 e. The highest BCUT2D eigenvalue weighted by Crippen LogP contribution is 2.28. The van der Waals surface area contributed by atoms with Crippen LogP contribution in [0.4, 0.5) is 0 Å². The van der Waals surface area contributed by atoms with Crippen molar-refractivity contribution in [2.75, 3.05) is 13.2 Å². The van der Waals surface area contributed by atoms with Crippen LogP contribution >= 0.6 is 15.9 Å². The van der Waals surface area contributed by atoms with Gasteiger partial charge in [0, 0.05) is 4.47 Å². The van der Waals surface area contributed by atoms with Crippen LogP contribution in [-0.2, 0) is 11.2 Å². The van der Waals surface area contributed by atoms with Crippen LogP contribution in [0.15, 0.2) is 16.6 Å². The molecular formula is C12H17BrN2O2. The van der Waals surface area contributed by atoms with Gasteiger partial charge >= 0.3 is 0 Å². The summed E-state index contributed by atoms with van der Waals surface area (Å²) in [6.45, 7) is 2.82. The summed E-state index contributed by atoms with van der Waals surface area (Å²) in [5.74, 6) is 0.444. The maximum absolute atomic E-state index is 10.7. The molecule has 17 heavy (non-hydrogen) atoms. The highest BCUT2D eigenvalue weighted by Gasteiger charge is 2.09. The number of carbonyl (C=O) groups is 1. The molecule has 4 nitrogen and oxygen atoms in total. The van der Waals surface area contributed by atoms with Crippen molar-refractivity contribution in [2.24, 2.45) is 11.5 Å². The van der Waals surface area contributed by atoms with Gasteiger partial charge in [0.15, 0.2) is 0 Å². The predicted octanol–water partition coefficient (Wildman–Crippen LogP) is 1.51. The van der Waals surface area contributed by atoms with Gasteiger partial charge in [0.2, 0.25) is 5.91 Å². The van der Waals surface area contributed by atoms with E-state index in [2.05, 4.69) is 15.9 Å². The summed E-state index contributed by atoms with van der Waals surface area (Å²) in [5, 5.41) is 0. The van der Waals surface area contributed by atoms with E-state index in [9.17, 15) is 4.79 Å². The lowest BCUT2D eigenvalue weighted by atomic mass is 10.1. The smallest absolute Gasteiger partial charge is 0.220 e. The van der Waals surface area contributed by atoms with Crippen molar-refractivity contribution < 1.29 is 9.53 Å². The summed E-state index contributed by atoms with van der Waals surface area (Å²) in [6, 6.07) is 3.96. The summed E-state index contributed by atoms with van der Waals surface area (Å²) in [5.41, 5.74) is 12.7. The Morgan fingerprint density at radius 2 is 2.18 bits per heavy atom. The lowest BCUT2D eigenvalue weighted by Crippen LogP contribution is -2.15. The molecule has 0 spiro atoms. The first kappa shape index (κ1) is 14.0. The van der Waals surface area contributed by atoms with Crippen molar-refractivity contribution in [1.29, 1.82) is 0 Å². The van der Waals surface area contributed by atoms with E-state index in [4.69, 9.17) is 16.2 Å². The second kappa shape index (κ2) is 6.61. The van der Waals surface area contributed by atoms with Gasteiger partial charge in [-0.2, -0.15) is 0 Å². The highest BCUT2D eigenvalue weighted by atomic mass is 79.9. The van der Waals surface area contributed by atoms with Gasteiger partial charge < -0.3 is 16.2 Å². The second-order valence-corrected chi connectivity index (χ2v) is 4.73.